The van der Waals surface area contributed by atoms with Crippen molar-refractivity contribution in [2.45, 2.75) is 103 Å². The third-order valence-electron chi connectivity index (χ3n) is 9.13. The quantitative estimate of drug-likeness (QED) is 0.235. The van der Waals surface area contributed by atoms with Gasteiger partial charge in [0.15, 0.2) is 11.6 Å². The molecule has 1 aromatic rings. The fourth-order valence-electron chi connectivity index (χ4n) is 6.74. The molecule has 3 atom stereocenters. The van der Waals surface area contributed by atoms with Gasteiger partial charge in [-0.2, -0.15) is 4.39 Å². The molecule has 36 heavy (non-hydrogen) atoms. The average molecular weight is 501 g/mol. The largest absolute Gasteiger partial charge is 0.494 e. The van der Waals surface area contributed by atoms with Gasteiger partial charge in [0.25, 0.3) is 0 Å². The van der Waals surface area contributed by atoms with Crippen LogP contribution in [0.2, 0.25) is 0 Å². The van der Waals surface area contributed by atoms with Crippen molar-refractivity contribution in [1.82, 2.24) is 0 Å². The highest BCUT2D eigenvalue weighted by Gasteiger charge is 2.34. The zero-order chi connectivity index (χ0) is 25.3. The van der Waals surface area contributed by atoms with Crippen LogP contribution in [-0.4, -0.2) is 19.8 Å². The summed E-state index contributed by atoms with van der Waals surface area (Å²) in [5.74, 6) is 1.10. The maximum Gasteiger partial charge on any atom is 0.201 e. The summed E-state index contributed by atoms with van der Waals surface area (Å²) in [6.45, 7) is 3.12. The van der Waals surface area contributed by atoms with Gasteiger partial charge in [-0.1, -0.05) is 50.8 Å². The fraction of sp³-hybridized carbons (Fsp3) is 0.688. The topological polar surface area (TPSA) is 18.5 Å². The lowest BCUT2D eigenvalue weighted by Crippen LogP contribution is -2.36. The molecule has 1 heterocycles. The van der Waals surface area contributed by atoms with Crippen LogP contribution in [0.25, 0.3) is 5.57 Å². The number of allylic oxidation sites excluding steroid dienone is 4. The number of unbranched alkanes of at least 4 members (excludes halogenated alkanes) is 2. The molecule has 0 aromatic heterocycles. The summed E-state index contributed by atoms with van der Waals surface area (Å²) in [6.07, 6.45) is 24.4. The minimum absolute atomic E-state index is 0.0390. The summed E-state index contributed by atoms with van der Waals surface area (Å²) >= 11 is 0. The van der Waals surface area contributed by atoms with Crippen molar-refractivity contribution in [2.24, 2.45) is 23.7 Å². The van der Waals surface area contributed by atoms with E-state index >= 15 is 0 Å². The molecule has 3 aliphatic rings. The molecule has 4 heteroatoms. The lowest BCUT2D eigenvalue weighted by molar-refractivity contribution is -0.0703. The molecule has 200 valence electrons. The first-order valence-electron chi connectivity index (χ1n) is 14.6. The van der Waals surface area contributed by atoms with Gasteiger partial charge < -0.3 is 9.47 Å². The van der Waals surface area contributed by atoms with E-state index in [1.807, 2.05) is 0 Å². The molecule has 2 nitrogen and oxygen atoms in total. The van der Waals surface area contributed by atoms with E-state index in [0.717, 1.165) is 43.3 Å². The zero-order valence-electron chi connectivity index (χ0n) is 22.5. The Hall–Kier alpha value is -1.68. The molecular weight excluding hydrogens is 454 g/mol. The molecule has 1 aliphatic heterocycles. The van der Waals surface area contributed by atoms with Crippen molar-refractivity contribution < 1.29 is 18.3 Å². The standard InChI is InChI=1S/C32H46F2O2/c1-3-4-5-6-7-8-9-23-10-12-26(13-11-23)29-20-18-27(22-36-29)24-14-16-25(17-15-24)28-19-21-30(35-2)32(34)31(28)33/h6-7,16,19,21,23-24,26-27,29H,3-5,8-15,17-18,20,22H2,1-2H3/b7-6+. The molecule has 0 amide bonds. The summed E-state index contributed by atoms with van der Waals surface area (Å²) in [6, 6.07) is 3.17. The molecule has 0 radical (unpaired) electrons. The first-order valence-corrected chi connectivity index (χ1v) is 14.6. The predicted molar refractivity (Wildman–Crippen MR) is 144 cm³/mol. The van der Waals surface area contributed by atoms with E-state index in [9.17, 15) is 8.78 Å². The van der Waals surface area contributed by atoms with Gasteiger partial charge in [-0.3, -0.25) is 0 Å². The smallest absolute Gasteiger partial charge is 0.201 e. The molecule has 2 aliphatic carbocycles. The summed E-state index contributed by atoms with van der Waals surface area (Å²) in [5.41, 5.74) is 1.31. The molecule has 4 rings (SSSR count). The van der Waals surface area contributed by atoms with Crippen molar-refractivity contribution in [3.05, 3.63) is 47.6 Å². The van der Waals surface area contributed by atoms with Crippen molar-refractivity contribution in [3.63, 3.8) is 0 Å². The van der Waals surface area contributed by atoms with Crippen LogP contribution in [0.3, 0.4) is 0 Å². The van der Waals surface area contributed by atoms with Gasteiger partial charge in [-0.25, -0.2) is 4.39 Å². The molecule has 0 bridgehead atoms. The van der Waals surface area contributed by atoms with Gasteiger partial charge in [-0.15, -0.1) is 0 Å². The van der Waals surface area contributed by atoms with Crippen LogP contribution in [0.4, 0.5) is 8.78 Å². The molecule has 0 spiro atoms. The summed E-state index contributed by atoms with van der Waals surface area (Å²) in [7, 11) is 1.36. The first kappa shape index (κ1) is 27.4. The lowest BCUT2D eigenvalue weighted by Gasteiger charge is -2.40. The number of rotatable bonds is 10. The van der Waals surface area contributed by atoms with E-state index in [-0.39, 0.29) is 5.75 Å². The molecular formula is C32H46F2O2. The number of halogens is 2. The monoisotopic (exact) mass is 500 g/mol. The van der Waals surface area contributed by atoms with Crippen molar-refractivity contribution in [2.75, 3.05) is 13.7 Å². The Morgan fingerprint density at radius 2 is 1.69 bits per heavy atom. The third kappa shape index (κ3) is 7.00. The maximum absolute atomic E-state index is 14.5. The Kier molecular flexibility index (Phi) is 10.4. The molecule has 1 saturated heterocycles. The SMILES string of the molecule is CCCC/C=C/CCC1CCC(C2CCC(C3CC=C(c4ccc(OC)c(F)c4F)CC3)CO2)CC1. The Morgan fingerprint density at radius 3 is 2.36 bits per heavy atom. The number of hydrogen-bond acceptors (Lipinski definition) is 2. The van der Waals surface area contributed by atoms with E-state index in [4.69, 9.17) is 9.47 Å². The maximum atomic E-state index is 14.5. The Balaban J connectivity index is 1.18. The van der Waals surface area contributed by atoms with Gasteiger partial charge in [0.1, 0.15) is 0 Å². The summed E-state index contributed by atoms with van der Waals surface area (Å²) < 4.78 is 40.1. The van der Waals surface area contributed by atoms with E-state index in [1.54, 1.807) is 6.07 Å². The average Bonchev–Trinajstić information content (AvgIpc) is 2.93. The van der Waals surface area contributed by atoms with Crippen LogP contribution in [-0.2, 0) is 4.74 Å². The number of methoxy groups -OCH3 is 1. The minimum atomic E-state index is -0.891. The van der Waals surface area contributed by atoms with E-state index < -0.39 is 11.6 Å². The minimum Gasteiger partial charge on any atom is -0.494 e. The van der Waals surface area contributed by atoms with Crippen LogP contribution >= 0.6 is 0 Å². The molecule has 1 saturated carbocycles. The fourth-order valence-corrected chi connectivity index (χ4v) is 6.74. The van der Waals surface area contributed by atoms with E-state index in [2.05, 4.69) is 25.2 Å². The first-order chi connectivity index (χ1) is 17.6. The second-order valence-electron chi connectivity index (χ2n) is 11.4. The van der Waals surface area contributed by atoms with Crippen molar-refractivity contribution in [1.29, 1.82) is 0 Å². The zero-order valence-corrected chi connectivity index (χ0v) is 22.5. The summed E-state index contributed by atoms with van der Waals surface area (Å²) in [5, 5.41) is 0. The molecule has 3 unspecified atom stereocenters. The third-order valence-corrected chi connectivity index (χ3v) is 9.13. The van der Waals surface area contributed by atoms with Crippen LogP contribution in [0, 0.1) is 35.3 Å². The highest BCUT2D eigenvalue weighted by Crippen LogP contribution is 2.42. The normalized spacial score (nSPS) is 29.3. The highest BCUT2D eigenvalue weighted by atomic mass is 19.2. The Bertz CT molecular complexity index is 876. The van der Waals surface area contributed by atoms with Gasteiger partial charge in [-0.05, 0) is 106 Å². The summed E-state index contributed by atoms with van der Waals surface area (Å²) in [4.78, 5) is 0. The van der Waals surface area contributed by atoms with Gasteiger partial charge in [0, 0.05) is 5.56 Å². The van der Waals surface area contributed by atoms with E-state index in [1.165, 1.54) is 83.8 Å². The van der Waals surface area contributed by atoms with Crippen LogP contribution in [0.5, 0.6) is 5.75 Å². The molecule has 2 fully saturated rings. The molecule has 1 aromatic carbocycles. The number of ether oxygens (including phenoxy) is 2. The van der Waals surface area contributed by atoms with Gasteiger partial charge >= 0.3 is 0 Å². The van der Waals surface area contributed by atoms with Gasteiger partial charge in [0.05, 0.1) is 19.8 Å². The lowest BCUT2D eigenvalue weighted by atomic mass is 9.73. The number of benzene rings is 1. The van der Waals surface area contributed by atoms with Crippen LogP contribution in [0.15, 0.2) is 30.4 Å². The van der Waals surface area contributed by atoms with Crippen LogP contribution < -0.4 is 4.74 Å². The predicted octanol–water partition coefficient (Wildman–Crippen LogP) is 9.29. The second kappa shape index (κ2) is 13.7. The van der Waals surface area contributed by atoms with Crippen molar-refractivity contribution in [3.8, 4) is 5.75 Å². The highest BCUT2D eigenvalue weighted by molar-refractivity contribution is 5.67. The Labute approximate surface area is 217 Å². The second-order valence-corrected chi connectivity index (χ2v) is 11.4. The van der Waals surface area contributed by atoms with Crippen LogP contribution in [0.1, 0.15) is 102 Å². The van der Waals surface area contributed by atoms with Crippen molar-refractivity contribution >= 4 is 5.57 Å². The Morgan fingerprint density at radius 1 is 0.917 bits per heavy atom. The molecule has 0 N–H and O–H groups in total. The number of hydrogen-bond donors (Lipinski definition) is 0. The van der Waals surface area contributed by atoms with E-state index in [0.29, 0.717) is 23.5 Å². The van der Waals surface area contributed by atoms with Gasteiger partial charge in [0.2, 0.25) is 5.82 Å².